The molecule has 172 valence electrons. The fourth-order valence-corrected chi connectivity index (χ4v) is 6.38. The summed E-state index contributed by atoms with van der Waals surface area (Å²) in [5.41, 5.74) is 3.40. The molecule has 0 spiro atoms. The summed E-state index contributed by atoms with van der Waals surface area (Å²) in [5.74, 6) is 0.775. The Morgan fingerprint density at radius 2 is 2.22 bits per heavy atom. The van der Waals surface area contributed by atoms with Gasteiger partial charge in [0.1, 0.15) is 17.8 Å². The largest absolute Gasteiger partial charge is 0.497 e. The molecule has 0 bridgehead atoms. The van der Waals surface area contributed by atoms with Gasteiger partial charge in [-0.05, 0) is 42.5 Å². The molecular formula is C26H35N2O4+. The van der Waals surface area contributed by atoms with Gasteiger partial charge in [0.05, 0.1) is 26.3 Å². The van der Waals surface area contributed by atoms with E-state index < -0.39 is 6.10 Å². The minimum absolute atomic E-state index is 0.112. The lowest BCUT2D eigenvalue weighted by Crippen LogP contribution is -2.86. The molecule has 4 N–H and O–H groups in total. The number of ether oxygens (including phenoxy) is 2. The van der Waals surface area contributed by atoms with Crippen molar-refractivity contribution in [1.82, 2.24) is 4.98 Å². The van der Waals surface area contributed by atoms with Crippen LogP contribution in [0.1, 0.15) is 38.7 Å². The second-order valence-corrected chi connectivity index (χ2v) is 10.1. The van der Waals surface area contributed by atoms with E-state index in [2.05, 4.69) is 42.5 Å². The van der Waals surface area contributed by atoms with Crippen LogP contribution in [-0.2, 0) is 16.0 Å². The zero-order valence-corrected chi connectivity index (χ0v) is 19.3. The molecule has 5 rings (SSSR count). The topological polar surface area (TPSA) is 88.2 Å². The number of fused-ring (bicyclic) bond motifs is 3. The lowest BCUT2D eigenvalue weighted by atomic mass is 9.55. The van der Waals surface area contributed by atoms with Crippen molar-refractivity contribution < 1.29 is 24.7 Å². The average molecular weight is 440 g/mol. The summed E-state index contributed by atoms with van der Waals surface area (Å²) in [7, 11) is 1.68. The van der Waals surface area contributed by atoms with E-state index >= 15 is 0 Å². The first kappa shape index (κ1) is 21.5. The van der Waals surface area contributed by atoms with Crippen molar-refractivity contribution in [3.05, 3.63) is 41.6 Å². The summed E-state index contributed by atoms with van der Waals surface area (Å²) < 4.78 is 11.1. The van der Waals surface area contributed by atoms with Gasteiger partial charge in [-0.2, -0.15) is 0 Å². The number of aromatic nitrogens is 1. The van der Waals surface area contributed by atoms with Crippen LogP contribution in [0.25, 0.3) is 10.9 Å². The normalized spacial score (nSPS) is 34.1. The summed E-state index contributed by atoms with van der Waals surface area (Å²) in [6.45, 7) is 5.97. The highest BCUT2D eigenvalue weighted by atomic mass is 16.6. The Kier molecular flexibility index (Phi) is 5.54. The van der Waals surface area contributed by atoms with Gasteiger partial charge in [0.15, 0.2) is 0 Å². The van der Waals surface area contributed by atoms with Gasteiger partial charge in [-0.15, -0.1) is 0 Å². The van der Waals surface area contributed by atoms with Gasteiger partial charge < -0.3 is 24.9 Å². The Bertz CT molecular complexity index is 1040. The van der Waals surface area contributed by atoms with E-state index in [-0.39, 0.29) is 29.3 Å². The molecule has 6 nitrogen and oxygen atoms in total. The minimum Gasteiger partial charge on any atom is -0.497 e. The summed E-state index contributed by atoms with van der Waals surface area (Å²) in [6.07, 6.45) is 7.45. The number of hydrogen-bond donors (Lipinski definition) is 3. The fraction of sp³-hybridized carbons (Fsp3) is 0.577. The summed E-state index contributed by atoms with van der Waals surface area (Å²) in [6, 6.07) is 6.06. The maximum Gasteiger partial charge on any atom is 0.315 e. The Labute approximate surface area is 189 Å². The number of benzene rings is 1. The summed E-state index contributed by atoms with van der Waals surface area (Å²) in [5, 5.41) is 14.9. The Balaban J connectivity index is 1.25. The van der Waals surface area contributed by atoms with Crippen molar-refractivity contribution in [3.63, 3.8) is 0 Å². The number of nitrogens with two attached hydrogens (primary N) is 1. The first-order chi connectivity index (χ1) is 15.4. The first-order valence-corrected chi connectivity index (χ1v) is 12.0. The molecule has 2 heterocycles. The van der Waals surface area contributed by atoms with Crippen LogP contribution in [0.2, 0.25) is 0 Å². The smallest absolute Gasteiger partial charge is 0.315 e. The number of esters is 1. The van der Waals surface area contributed by atoms with Gasteiger partial charge in [-0.25, -0.2) is 0 Å². The minimum atomic E-state index is -0.534. The summed E-state index contributed by atoms with van der Waals surface area (Å²) >= 11 is 0. The number of aliphatic hydroxyl groups excluding tert-OH is 1. The lowest BCUT2D eigenvalue weighted by Gasteiger charge is -2.51. The number of carbonyl (C=O) groups excluding carboxylic acids is 1. The van der Waals surface area contributed by atoms with Crippen LogP contribution >= 0.6 is 0 Å². The third-order valence-corrected chi connectivity index (χ3v) is 8.58. The average Bonchev–Trinajstić information content (AvgIpc) is 3.33. The van der Waals surface area contributed by atoms with E-state index in [0.29, 0.717) is 12.5 Å². The predicted octanol–water partition coefficient (Wildman–Crippen LogP) is 2.57. The second kappa shape index (κ2) is 8.23. The molecule has 2 fully saturated rings. The standard InChI is InChI=1S/C26H34N2O4/c1-15-5-4-6-17-11-22-23(24(29)26(15,17)2)20(25(30)32-22)14-27-10-9-16-13-28-21-8-7-18(31-3)12-19(16)21/h6-8,12-13,15,20,22-24,27-29H,4-5,9-11,14H2,1-3H3/p+1. The Morgan fingerprint density at radius 1 is 1.38 bits per heavy atom. The number of methoxy groups -OCH3 is 1. The third-order valence-electron chi connectivity index (χ3n) is 8.58. The Hall–Kier alpha value is -2.31. The monoisotopic (exact) mass is 439 g/mol. The molecular weight excluding hydrogens is 404 g/mol. The zero-order chi connectivity index (χ0) is 22.5. The van der Waals surface area contributed by atoms with Gasteiger partial charge in [0.2, 0.25) is 0 Å². The van der Waals surface area contributed by atoms with Crippen molar-refractivity contribution in [3.8, 4) is 5.75 Å². The second-order valence-electron chi connectivity index (χ2n) is 10.1. The van der Waals surface area contributed by atoms with Crippen LogP contribution in [0, 0.1) is 23.2 Å². The van der Waals surface area contributed by atoms with E-state index in [0.717, 1.165) is 43.5 Å². The summed E-state index contributed by atoms with van der Waals surface area (Å²) in [4.78, 5) is 16.1. The number of carbonyl (C=O) groups is 1. The highest BCUT2D eigenvalue weighted by molar-refractivity contribution is 5.84. The predicted molar refractivity (Wildman–Crippen MR) is 122 cm³/mol. The number of aromatic amines is 1. The molecule has 3 aliphatic rings. The first-order valence-electron chi connectivity index (χ1n) is 12.0. The molecule has 6 heteroatoms. The fourth-order valence-electron chi connectivity index (χ4n) is 6.38. The van der Waals surface area contributed by atoms with Crippen molar-refractivity contribution >= 4 is 16.9 Å². The van der Waals surface area contributed by atoms with Crippen LogP contribution in [0.4, 0.5) is 0 Å². The number of aliphatic hydroxyl groups is 1. The van der Waals surface area contributed by atoms with Gasteiger partial charge in [-0.3, -0.25) is 4.79 Å². The molecule has 32 heavy (non-hydrogen) atoms. The van der Waals surface area contributed by atoms with Gasteiger partial charge >= 0.3 is 5.97 Å². The van der Waals surface area contributed by atoms with Crippen molar-refractivity contribution in [2.45, 2.75) is 51.7 Å². The van der Waals surface area contributed by atoms with E-state index in [1.807, 2.05) is 12.1 Å². The maximum atomic E-state index is 12.8. The number of rotatable bonds is 6. The van der Waals surface area contributed by atoms with E-state index in [1.54, 1.807) is 7.11 Å². The maximum absolute atomic E-state index is 12.8. The van der Waals surface area contributed by atoms with Crippen molar-refractivity contribution in [1.29, 1.82) is 0 Å². The van der Waals surface area contributed by atoms with Crippen LogP contribution in [0.5, 0.6) is 5.75 Å². The van der Waals surface area contributed by atoms with Gasteiger partial charge in [0.25, 0.3) is 0 Å². The van der Waals surface area contributed by atoms with Crippen LogP contribution < -0.4 is 10.1 Å². The lowest BCUT2D eigenvalue weighted by molar-refractivity contribution is -0.659. The number of H-pyrrole nitrogens is 1. The van der Waals surface area contributed by atoms with Crippen LogP contribution in [0.3, 0.4) is 0 Å². The number of quaternary nitrogens is 1. The van der Waals surface area contributed by atoms with E-state index in [9.17, 15) is 9.90 Å². The number of hydrogen-bond acceptors (Lipinski definition) is 4. The van der Waals surface area contributed by atoms with Gasteiger partial charge in [0, 0.05) is 41.3 Å². The van der Waals surface area contributed by atoms with E-state index in [1.165, 1.54) is 16.5 Å². The van der Waals surface area contributed by atoms with Crippen LogP contribution in [0.15, 0.2) is 36.0 Å². The molecule has 0 amide bonds. The molecule has 2 aliphatic carbocycles. The Morgan fingerprint density at radius 3 is 3.03 bits per heavy atom. The van der Waals surface area contributed by atoms with Crippen molar-refractivity contribution in [2.24, 2.45) is 23.2 Å². The molecule has 6 unspecified atom stereocenters. The molecule has 1 saturated heterocycles. The van der Waals surface area contributed by atoms with Gasteiger partial charge in [-0.1, -0.05) is 25.5 Å². The van der Waals surface area contributed by atoms with Crippen LogP contribution in [-0.4, -0.2) is 48.5 Å². The SMILES string of the molecule is COc1ccc2[nH]cc(CC[NH2+]CC3C(=O)OC4CC5=CCCC(C)C5(C)C(O)C43)c2c1. The highest BCUT2D eigenvalue weighted by Crippen LogP contribution is 2.55. The molecule has 1 saturated carbocycles. The molecule has 2 aromatic rings. The number of allylic oxidation sites excluding steroid dienone is 1. The zero-order valence-electron chi connectivity index (χ0n) is 19.3. The van der Waals surface area contributed by atoms with Crippen molar-refractivity contribution in [2.75, 3.05) is 20.2 Å². The van der Waals surface area contributed by atoms with E-state index in [4.69, 9.17) is 9.47 Å². The highest BCUT2D eigenvalue weighted by Gasteiger charge is 2.60. The molecule has 6 atom stereocenters. The third kappa shape index (κ3) is 3.35. The quantitative estimate of drug-likeness (QED) is 0.367. The molecule has 1 aromatic carbocycles. The molecule has 1 aromatic heterocycles. The molecule has 1 aliphatic heterocycles. The molecule has 0 radical (unpaired) electrons. The number of nitrogens with one attached hydrogen (secondary N) is 1.